The lowest BCUT2D eigenvalue weighted by atomic mass is 10.1. The number of anilines is 1. The maximum absolute atomic E-state index is 12.9. The number of carbonyl (C=O) groups is 3. The monoisotopic (exact) mass is 445 g/mol. The number of amides is 3. The van der Waals surface area contributed by atoms with Crippen LogP contribution in [0.3, 0.4) is 0 Å². The number of halogens is 1. The van der Waals surface area contributed by atoms with E-state index in [1.54, 1.807) is 52.3 Å². The Morgan fingerprint density at radius 2 is 1.83 bits per heavy atom. The summed E-state index contributed by atoms with van der Waals surface area (Å²) in [6, 6.07) is 13.2. The minimum Gasteiger partial charge on any atom is -0.339 e. The van der Waals surface area contributed by atoms with E-state index in [4.69, 9.17) is 11.6 Å². The SMILES string of the molecule is CCN(CC)C(=O)c1ccc(NC(=O)[C@@H]2CSCN2C(=O)c2ccccc2)cc1Cl. The Morgan fingerprint density at radius 1 is 1.13 bits per heavy atom. The van der Waals surface area contributed by atoms with Crippen LogP contribution >= 0.6 is 23.4 Å². The first-order valence-corrected chi connectivity index (χ1v) is 11.3. The van der Waals surface area contributed by atoms with Gasteiger partial charge in [0.05, 0.1) is 16.5 Å². The molecule has 2 aromatic rings. The molecule has 1 N–H and O–H groups in total. The number of nitrogens with zero attached hydrogens (tertiary/aromatic N) is 2. The molecule has 30 heavy (non-hydrogen) atoms. The van der Waals surface area contributed by atoms with E-state index in [-0.39, 0.29) is 22.7 Å². The van der Waals surface area contributed by atoms with Crippen molar-refractivity contribution in [1.29, 1.82) is 0 Å². The molecule has 1 atom stereocenters. The molecule has 0 aromatic heterocycles. The topological polar surface area (TPSA) is 69.7 Å². The Balaban J connectivity index is 1.71. The average molecular weight is 446 g/mol. The van der Waals surface area contributed by atoms with Crippen LogP contribution in [0.15, 0.2) is 48.5 Å². The van der Waals surface area contributed by atoms with Gasteiger partial charge in [-0.05, 0) is 44.2 Å². The number of hydrogen-bond donors (Lipinski definition) is 1. The molecule has 1 heterocycles. The lowest BCUT2D eigenvalue weighted by Crippen LogP contribution is -2.44. The van der Waals surface area contributed by atoms with Crippen LogP contribution in [-0.2, 0) is 4.79 Å². The molecular weight excluding hydrogens is 422 g/mol. The highest BCUT2D eigenvalue weighted by Crippen LogP contribution is 2.26. The number of hydrogen-bond acceptors (Lipinski definition) is 4. The summed E-state index contributed by atoms with van der Waals surface area (Å²) in [5.41, 5.74) is 1.45. The van der Waals surface area contributed by atoms with Gasteiger partial charge in [0, 0.05) is 30.1 Å². The number of rotatable bonds is 6. The van der Waals surface area contributed by atoms with Crippen molar-refractivity contribution in [3.8, 4) is 0 Å². The standard InChI is InChI=1S/C22H24ClN3O3S/c1-3-25(4-2)22(29)17-11-10-16(12-18(17)23)24-20(27)19-13-30-14-26(19)21(28)15-8-6-5-7-9-15/h5-12,19H,3-4,13-14H2,1-2H3,(H,24,27)/t19-/m0/s1. The number of benzene rings is 2. The van der Waals surface area contributed by atoms with Gasteiger partial charge in [-0.2, -0.15) is 0 Å². The quantitative estimate of drug-likeness (QED) is 0.730. The summed E-state index contributed by atoms with van der Waals surface area (Å²) in [6.07, 6.45) is 0. The molecule has 8 heteroatoms. The molecular formula is C22H24ClN3O3S. The van der Waals surface area contributed by atoms with E-state index in [1.807, 2.05) is 19.9 Å². The predicted octanol–water partition coefficient (Wildman–Crippen LogP) is 3.98. The first-order valence-electron chi connectivity index (χ1n) is 9.79. The van der Waals surface area contributed by atoms with Crippen LogP contribution in [0, 0.1) is 0 Å². The summed E-state index contributed by atoms with van der Waals surface area (Å²) in [6.45, 7) is 5.00. The molecule has 2 aromatic carbocycles. The van der Waals surface area contributed by atoms with E-state index in [1.165, 1.54) is 11.8 Å². The van der Waals surface area contributed by atoms with Gasteiger partial charge in [0.15, 0.2) is 0 Å². The Labute approximate surface area is 185 Å². The highest BCUT2D eigenvalue weighted by molar-refractivity contribution is 7.99. The van der Waals surface area contributed by atoms with Gasteiger partial charge in [-0.3, -0.25) is 14.4 Å². The zero-order valence-corrected chi connectivity index (χ0v) is 18.5. The molecule has 1 saturated heterocycles. The van der Waals surface area contributed by atoms with Gasteiger partial charge in [-0.1, -0.05) is 29.8 Å². The van der Waals surface area contributed by atoms with Crippen LogP contribution in [0.4, 0.5) is 5.69 Å². The molecule has 0 unspecified atom stereocenters. The van der Waals surface area contributed by atoms with Crippen molar-refractivity contribution in [2.24, 2.45) is 0 Å². The van der Waals surface area contributed by atoms with Crippen molar-refractivity contribution in [2.45, 2.75) is 19.9 Å². The summed E-state index contributed by atoms with van der Waals surface area (Å²) >= 11 is 7.85. The average Bonchev–Trinajstić information content (AvgIpc) is 3.25. The van der Waals surface area contributed by atoms with Crippen LogP contribution in [0.25, 0.3) is 0 Å². The third-order valence-electron chi connectivity index (χ3n) is 4.98. The van der Waals surface area contributed by atoms with Crippen molar-refractivity contribution in [2.75, 3.05) is 30.0 Å². The van der Waals surface area contributed by atoms with Crippen molar-refractivity contribution >= 4 is 46.8 Å². The molecule has 0 bridgehead atoms. The first kappa shape index (κ1) is 22.2. The highest BCUT2D eigenvalue weighted by Gasteiger charge is 2.35. The molecule has 0 radical (unpaired) electrons. The van der Waals surface area contributed by atoms with Gasteiger partial charge in [-0.15, -0.1) is 11.8 Å². The van der Waals surface area contributed by atoms with Crippen molar-refractivity contribution in [3.63, 3.8) is 0 Å². The van der Waals surface area contributed by atoms with E-state index in [0.717, 1.165) is 0 Å². The second kappa shape index (κ2) is 10.00. The molecule has 6 nitrogen and oxygen atoms in total. The van der Waals surface area contributed by atoms with Gasteiger partial charge in [0.2, 0.25) is 5.91 Å². The Morgan fingerprint density at radius 3 is 2.47 bits per heavy atom. The molecule has 0 spiro atoms. The van der Waals surface area contributed by atoms with E-state index in [9.17, 15) is 14.4 Å². The highest BCUT2D eigenvalue weighted by atomic mass is 35.5. The van der Waals surface area contributed by atoms with Gasteiger partial charge in [0.25, 0.3) is 11.8 Å². The van der Waals surface area contributed by atoms with Gasteiger partial charge < -0.3 is 15.1 Å². The van der Waals surface area contributed by atoms with Crippen molar-refractivity contribution < 1.29 is 14.4 Å². The Kier molecular flexibility index (Phi) is 7.39. The normalized spacial score (nSPS) is 15.7. The smallest absolute Gasteiger partial charge is 0.255 e. The third-order valence-corrected chi connectivity index (χ3v) is 6.31. The molecule has 3 amide bonds. The van der Waals surface area contributed by atoms with Gasteiger partial charge >= 0.3 is 0 Å². The number of carbonyl (C=O) groups excluding carboxylic acids is 3. The lowest BCUT2D eigenvalue weighted by Gasteiger charge is -2.23. The van der Waals surface area contributed by atoms with Crippen LogP contribution in [0.2, 0.25) is 5.02 Å². The molecule has 0 saturated carbocycles. The molecule has 1 fully saturated rings. The van der Waals surface area contributed by atoms with Crippen molar-refractivity contribution in [3.05, 3.63) is 64.7 Å². The minimum atomic E-state index is -0.571. The molecule has 158 valence electrons. The zero-order chi connectivity index (χ0) is 21.7. The minimum absolute atomic E-state index is 0.144. The third kappa shape index (κ3) is 4.79. The second-order valence-electron chi connectivity index (χ2n) is 6.82. The van der Waals surface area contributed by atoms with Crippen LogP contribution in [-0.4, -0.2) is 58.3 Å². The molecule has 0 aliphatic carbocycles. The van der Waals surface area contributed by atoms with Crippen molar-refractivity contribution in [1.82, 2.24) is 9.80 Å². The summed E-state index contributed by atoms with van der Waals surface area (Å²) in [7, 11) is 0. The Hall–Kier alpha value is -2.51. The fraction of sp³-hybridized carbons (Fsp3) is 0.318. The largest absolute Gasteiger partial charge is 0.339 e. The van der Waals surface area contributed by atoms with E-state index in [2.05, 4.69) is 5.32 Å². The maximum atomic E-state index is 12.9. The first-order chi connectivity index (χ1) is 14.5. The fourth-order valence-corrected chi connectivity index (χ4v) is 4.69. The summed E-state index contributed by atoms with van der Waals surface area (Å²) in [5.74, 6) is 0.400. The molecule has 1 aliphatic rings. The summed E-state index contributed by atoms with van der Waals surface area (Å²) in [4.78, 5) is 41.4. The zero-order valence-electron chi connectivity index (χ0n) is 16.9. The van der Waals surface area contributed by atoms with E-state index < -0.39 is 6.04 Å². The van der Waals surface area contributed by atoms with Crippen LogP contribution < -0.4 is 5.32 Å². The fourth-order valence-electron chi connectivity index (χ4n) is 3.28. The van der Waals surface area contributed by atoms with Crippen LogP contribution in [0.5, 0.6) is 0 Å². The number of nitrogens with one attached hydrogen (secondary N) is 1. The lowest BCUT2D eigenvalue weighted by molar-refractivity contribution is -0.119. The van der Waals surface area contributed by atoms with Gasteiger partial charge in [-0.25, -0.2) is 0 Å². The molecule has 3 rings (SSSR count). The summed E-state index contributed by atoms with van der Waals surface area (Å²) < 4.78 is 0. The second-order valence-corrected chi connectivity index (χ2v) is 8.22. The van der Waals surface area contributed by atoms with E-state index >= 15 is 0 Å². The van der Waals surface area contributed by atoms with Gasteiger partial charge in [0.1, 0.15) is 6.04 Å². The molecule has 1 aliphatic heterocycles. The Bertz CT molecular complexity index is 934. The summed E-state index contributed by atoms with van der Waals surface area (Å²) in [5, 5.41) is 3.11. The van der Waals surface area contributed by atoms with E-state index in [0.29, 0.717) is 41.5 Å². The predicted molar refractivity (Wildman–Crippen MR) is 121 cm³/mol. The van der Waals surface area contributed by atoms with Crippen LogP contribution in [0.1, 0.15) is 34.6 Å². The maximum Gasteiger partial charge on any atom is 0.255 e. The number of thioether (sulfide) groups is 1.